The molecule has 0 aromatic heterocycles. The molecule has 0 fully saturated rings. The van der Waals surface area contributed by atoms with Gasteiger partial charge in [0.15, 0.2) is 11.5 Å². The molecule has 0 unspecified atom stereocenters. The Morgan fingerprint density at radius 3 is 2.71 bits per heavy atom. The number of hydrogen-bond donors (Lipinski definition) is 0. The summed E-state index contributed by atoms with van der Waals surface area (Å²) in [5, 5.41) is 0. The molecule has 0 saturated carbocycles. The van der Waals surface area contributed by atoms with E-state index < -0.39 is 0 Å². The predicted molar refractivity (Wildman–Crippen MR) is 68.1 cm³/mol. The van der Waals surface area contributed by atoms with Crippen molar-refractivity contribution >= 4 is 6.29 Å². The predicted octanol–water partition coefficient (Wildman–Crippen LogP) is 3.03. The standard InChI is InChI=1S/C14H18O3/c1-4-6-12-8-11(10-15)9-13(16-3)14(12)17-7-5-2/h4,8-10H,1,5-7H2,2-3H3. The molecule has 0 aliphatic rings. The Kier molecular flexibility index (Phi) is 5.27. The van der Waals surface area contributed by atoms with Crippen molar-refractivity contribution in [1.29, 1.82) is 0 Å². The van der Waals surface area contributed by atoms with E-state index in [1.807, 2.05) is 13.0 Å². The molecule has 17 heavy (non-hydrogen) atoms. The monoisotopic (exact) mass is 234 g/mol. The number of methoxy groups -OCH3 is 1. The minimum Gasteiger partial charge on any atom is -0.493 e. The van der Waals surface area contributed by atoms with Crippen LogP contribution in [0.2, 0.25) is 0 Å². The molecule has 1 rings (SSSR count). The van der Waals surface area contributed by atoms with Crippen molar-refractivity contribution in [2.75, 3.05) is 13.7 Å². The van der Waals surface area contributed by atoms with Crippen LogP contribution in [0, 0.1) is 0 Å². The molecule has 0 aliphatic heterocycles. The third-order valence-corrected chi connectivity index (χ3v) is 2.32. The first kappa shape index (κ1) is 13.3. The topological polar surface area (TPSA) is 35.5 Å². The highest BCUT2D eigenvalue weighted by Gasteiger charge is 2.12. The molecule has 0 heterocycles. The van der Waals surface area contributed by atoms with Gasteiger partial charge in [-0.1, -0.05) is 13.0 Å². The summed E-state index contributed by atoms with van der Waals surface area (Å²) in [5.74, 6) is 1.31. The van der Waals surface area contributed by atoms with Crippen LogP contribution in [0.15, 0.2) is 24.8 Å². The SMILES string of the molecule is C=CCc1cc(C=O)cc(OC)c1OCCC. The lowest BCUT2D eigenvalue weighted by Gasteiger charge is -2.14. The second-order valence-electron chi connectivity index (χ2n) is 3.67. The molecule has 0 aliphatic carbocycles. The zero-order chi connectivity index (χ0) is 12.7. The van der Waals surface area contributed by atoms with Crippen LogP contribution in [-0.4, -0.2) is 20.0 Å². The summed E-state index contributed by atoms with van der Waals surface area (Å²) in [7, 11) is 1.57. The minimum absolute atomic E-state index is 0.586. The molecule has 0 radical (unpaired) electrons. The van der Waals surface area contributed by atoms with Crippen LogP contribution in [0.5, 0.6) is 11.5 Å². The lowest BCUT2D eigenvalue weighted by atomic mass is 10.1. The van der Waals surface area contributed by atoms with Crippen LogP contribution < -0.4 is 9.47 Å². The Labute approximate surface area is 102 Å². The Morgan fingerprint density at radius 1 is 1.41 bits per heavy atom. The van der Waals surface area contributed by atoms with Crippen LogP contribution in [0.1, 0.15) is 29.3 Å². The van der Waals surface area contributed by atoms with E-state index in [0.29, 0.717) is 30.1 Å². The fraction of sp³-hybridized carbons (Fsp3) is 0.357. The molecule has 0 spiro atoms. The third-order valence-electron chi connectivity index (χ3n) is 2.32. The first-order valence-corrected chi connectivity index (χ1v) is 5.66. The van der Waals surface area contributed by atoms with Gasteiger partial charge in [0.05, 0.1) is 13.7 Å². The van der Waals surface area contributed by atoms with E-state index in [0.717, 1.165) is 18.3 Å². The largest absolute Gasteiger partial charge is 0.493 e. The number of hydrogen-bond acceptors (Lipinski definition) is 3. The van der Waals surface area contributed by atoms with Gasteiger partial charge in [0, 0.05) is 11.1 Å². The van der Waals surface area contributed by atoms with Gasteiger partial charge in [-0.15, -0.1) is 6.58 Å². The van der Waals surface area contributed by atoms with Crippen molar-refractivity contribution in [1.82, 2.24) is 0 Å². The normalized spacial score (nSPS) is 9.76. The number of carbonyl (C=O) groups excluding carboxylic acids is 1. The van der Waals surface area contributed by atoms with Crippen LogP contribution in [-0.2, 0) is 6.42 Å². The van der Waals surface area contributed by atoms with Crippen molar-refractivity contribution in [2.45, 2.75) is 19.8 Å². The average Bonchev–Trinajstić information content (AvgIpc) is 2.36. The zero-order valence-electron chi connectivity index (χ0n) is 10.4. The first-order valence-electron chi connectivity index (χ1n) is 5.66. The summed E-state index contributed by atoms with van der Waals surface area (Å²) in [6, 6.07) is 3.49. The molecule has 1 aromatic rings. The third kappa shape index (κ3) is 3.34. The maximum atomic E-state index is 10.8. The van der Waals surface area contributed by atoms with E-state index in [-0.39, 0.29) is 0 Å². The van der Waals surface area contributed by atoms with E-state index in [1.54, 1.807) is 19.3 Å². The maximum Gasteiger partial charge on any atom is 0.164 e. The van der Waals surface area contributed by atoms with Gasteiger partial charge in [-0.2, -0.15) is 0 Å². The molecule has 0 bridgehead atoms. The van der Waals surface area contributed by atoms with Crippen molar-refractivity contribution < 1.29 is 14.3 Å². The van der Waals surface area contributed by atoms with Crippen molar-refractivity contribution in [3.05, 3.63) is 35.9 Å². The summed E-state index contributed by atoms with van der Waals surface area (Å²) >= 11 is 0. The van der Waals surface area contributed by atoms with Gasteiger partial charge >= 0.3 is 0 Å². The van der Waals surface area contributed by atoms with E-state index in [9.17, 15) is 4.79 Å². The lowest BCUT2D eigenvalue weighted by molar-refractivity contribution is 0.112. The molecule has 1 aromatic carbocycles. The first-order chi connectivity index (χ1) is 8.26. The summed E-state index contributed by atoms with van der Waals surface area (Å²) in [6.45, 7) is 6.37. The van der Waals surface area contributed by atoms with Gasteiger partial charge in [0.2, 0.25) is 0 Å². The maximum absolute atomic E-state index is 10.8. The van der Waals surface area contributed by atoms with Gasteiger partial charge in [0.1, 0.15) is 6.29 Å². The molecule has 3 heteroatoms. The molecule has 0 atom stereocenters. The number of aldehydes is 1. The molecular formula is C14H18O3. The highest BCUT2D eigenvalue weighted by molar-refractivity contribution is 5.77. The van der Waals surface area contributed by atoms with Gasteiger partial charge in [0.25, 0.3) is 0 Å². The Morgan fingerprint density at radius 2 is 2.18 bits per heavy atom. The number of rotatable bonds is 7. The summed E-state index contributed by atoms with van der Waals surface area (Å²) in [4.78, 5) is 10.8. The number of benzene rings is 1. The molecule has 0 amide bonds. The van der Waals surface area contributed by atoms with E-state index in [2.05, 4.69) is 6.58 Å². The molecule has 92 valence electrons. The second-order valence-corrected chi connectivity index (χ2v) is 3.67. The van der Waals surface area contributed by atoms with E-state index >= 15 is 0 Å². The summed E-state index contributed by atoms with van der Waals surface area (Å²) in [5.41, 5.74) is 1.51. The summed E-state index contributed by atoms with van der Waals surface area (Å²) in [6.07, 6.45) is 4.16. The van der Waals surface area contributed by atoms with Crippen LogP contribution in [0.4, 0.5) is 0 Å². The number of allylic oxidation sites excluding steroid dienone is 1. The van der Waals surface area contributed by atoms with Crippen molar-refractivity contribution in [3.63, 3.8) is 0 Å². The Balaban J connectivity index is 3.19. The summed E-state index contributed by atoms with van der Waals surface area (Å²) < 4.78 is 10.9. The number of ether oxygens (including phenoxy) is 2. The quantitative estimate of drug-likeness (QED) is 0.537. The lowest BCUT2D eigenvalue weighted by Crippen LogP contribution is -2.02. The highest BCUT2D eigenvalue weighted by Crippen LogP contribution is 2.33. The Hall–Kier alpha value is -1.77. The smallest absolute Gasteiger partial charge is 0.164 e. The van der Waals surface area contributed by atoms with Crippen LogP contribution in [0.25, 0.3) is 0 Å². The van der Waals surface area contributed by atoms with E-state index in [4.69, 9.17) is 9.47 Å². The minimum atomic E-state index is 0.586. The van der Waals surface area contributed by atoms with Crippen LogP contribution >= 0.6 is 0 Å². The van der Waals surface area contributed by atoms with Gasteiger partial charge in [-0.25, -0.2) is 0 Å². The van der Waals surface area contributed by atoms with Crippen molar-refractivity contribution in [2.24, 2.45) is 0 Å². The number of carbonyl (C=O) groups is 1. The van der Waals surface area contributed by atoms with Gasteiger partial charge < -0.3 is 9.47 Å². The molecule has 3 nitrogen and oxygen atoms in total. The average molecular weight is 234 g/mol. The molecular weight excluding hydrogens is 216 g/mol. The fourth-order valence-corrected chi connectivity index (χ4v) is 1.58. The van der Waals surface area contributed by atoms with E-state index in [1.165, 1.54) is 0 Å². The zero-order valence-corrected chi connectivity index (χ0v) is 10.4. The molecule has 0 saturated heterocycles. The van der Waals surface area contributed by atoms with Gasteiger partial charge in [-0.3, -0.25) is 4.79 Å². The van der Waals surface area contributed by atoms with Crippen molar-refractivity contribution in [3.8, 4) is 11.5 Å². The highest BCUT2D eigenvalue weighted by atomic mass is 16.5. The Bertz CT molecular complexity index is 397. The fourth-order valence-electron chi connectivity index (χ4n) is 1.58. The molecule has 0 N–H and O–H groups in total. The second kappa shape index (κ2) is 6.74. The van der Waals surface area contributed by atoms with Gasteiger partial charge in [-0.05, 0) is 25.0 Å². The van der Waals surface area contributed by atoms with Crippen LogP contribution in [0.3, 0.4) is 0 Å².